The highest BCUT2D eigenvalue weighted by Crippen LogP contribution is 2.23. The van der Waals surface area contributed by atoms with Crippen LogP contribution in [-0.4, -0.2) is 31.8 Å². The van der Waals surface area contributed by atoms with Crippen LogP contribution in [-0.2, 0) is 4.74 Å². The van der Waals surface area contributed by atoms with Crippen molar-refractivity contribution in [2.24, 2.45) is 11.7 Å². The zero-order valence-electron chi connectivity index (χ0n) is 8.17. The highest BCUT2D eigenvalue weighted by Gasteiger charge is 2.27. The van der Waals surface area contributed by atoms with Crippen LogP contribution in [0.5, 0.6) is 0 Å². The summed E-state index contributed by atoms with van der Waals surface area (Å²) in [4.78, 5) is 0. The Morgan fingerprint density at radius 1 is 1.15 bits per heavy atom. The van der Waals surface area contributed by atoms with Gasteiger partial charge in [-0.15, -0.1) is 0 Å². The second-order valence-corrected chi connectivity index (χ2v) is 4.29. The summed E-state index contributed by atoms with van der Waals surface area (Å²) in [5.74, 6) is 0.806. The largest absolute Gasteiger partial charge is 0.381 e. The Balaban J connectivity index is 1.83. The van der Waals surface area contributed by atoms with Crippen LogP contribution < -0.4 is 11.1 Å². The molecule has 76 valence electrons. The fourth-order valence-electron chi connectivity index (χ4n) is 2.46. The average Bonchev–Trinajstić information content (AvgIpc) is 2.19. The molecule has 3 nitrogen and oxygen atoms in total. The molecule has 2 atom stereocenters. The Kier molecular flexibility index (Phi) is 3.19. The minimum Gasteiger partial charge on any atom is -0.381 e. The van der Waals surface area contributed by atoms with Gasteiger partial charge in [0.1, 0.15) is 0 Å². The topological polar surface area (TPSA) is 47.3 Å². The van der Waals surface area contributed by atoms with Crippen molar-refractivity contribution in [2.75, 3.05) is 19.8 Å². The smallest absolute Gasteiger partial charge is 0.0469 e. The zero-order chi connectivity index (χ0) is 9.10. The van der Waals surface area contributed by atoms with Gasteiger partial charge in [0.2, 0.25) is 0 Å². The van der Waals surface area contributed by atoms with Gasteiger partial charge in [0.25, 0.3) is 0 Å². The van der Waals surface area contributed by atoms with Gasteiger partial charge in [-0.1, -0.05) is 0 Å². The van der Waals surface area contributed by atoms with Gasteiger partial charge in [0, 0.05) is 25.3 Å². The molecule has 2 heterocycles. The van der Waals surface area contributed by atoms with Crippen molar-refractivity contribution in [3.05, 3.63) is 0 Å². The van der Waals surface area contributed by atoms with Crippen molar-refractivity contribution < 1.29 is 4.74 Å². The van der Waals surface area contributed by atoms with Crippen molar-refractivity contribution in [1.82, 2.24) is 5.32 Å². The van der Waals surface area contributed by atoms with Gasteiger partial charge in [-0.05, 0) is 38.1 Å². The molecule has 0 aromatic rings. The van der Waals surface area contributed by atoms with Crippen LogP contribution in [0.4, 0.5) is 0 Å². The van der Waals surface area contributed by atoms with Crippen LogP contribution in [0.2, 0.25) is 0 Å². The van der Waals surface area contributed by atoms with Gasteiger partial charge in [-0.25, -0.2) is 0 Å². The lowest BCUT2D eigenvalue weighted by Gasteiger charge is -2.36. The molecule has 2 aliphatic rings. The second kappa shape index (κ2) is 4.40. The number of ether oxygens (including phenoxy) is 1. The Morgan fingerprint density at radius 3 is 2.62 bits per heavy atom. The molecule has 2 rings (SSSR count). The van der Waals surface area contributed by atoms with Crippen molar-refractivity contribution in [3.8, 4) is 0 Å². The van der Waals surface area contributed by atoms with Gasteiger partial charge in [-0.2, -0.15) is 0 Å². The summed E-state index contributed by atoms with van der Waals surface area (Å²) in [7, 11) is 0. The molecule has 0 spiro atoms. The molecule has 2 unspecified atom stereocenters. The van der Waals surface area contributed by atoms with E-state index in [0.717, 1.165) is 38.5 Å². The van der Waals surface area contributed by atoms with E-state index in [9.17, 15) is 0 Å². The molecule has 0 bridgehead atoms. The first kappa shape index (κ1) is 9.44. The number of piperidine rings is 1. The minimum absolute atomic E-state index is 0.425. The van der Waals surface area contributed by atoms with Gasteiger partial charge >= 0.3 is 0 Å². The summed E-state index contributed by atoms with van der Waals surface area (Å²) in [5.41, 5.74) is 5.96. The van der Waals surface area contributed by atoms with E-state index < -0.39 is 0 Å². The maximum Gasteiger partial charge on any atom is 0.0469 e. The van der Waals surface area contributed by atoms with Crippen LogP contribution in [0.25, 0.3) is 0 Å². The fraction of sp³-hybridized carbons (Fsp3) is 1.00. The van der Waals surface area contributed by atoms with Gasteiger partial charge in [-0.3, -0.25) is 0 Å². The number of nitrogens with one attached hydrogen (secondary N) is 1. The summed E-state index contributed by atoms with van der Waals surface area (Å²) in [6.45, 7) is 2.99. The number of hydrogen-bond acceptors (Lipinski definition) is 3. The van der Waals surface area contributed by atoms with Crippen LogP contribution in [0.15, 0.2) is 0 Å². The Labute approximate surface area is 80.0 Å². The SMILES string of the molecule is NC1CCNC(C2CCOCC2)C1. The third-order valence-electron chi connectivity index (χ3n) is 3.31. The molecule has 0 aromatic heterocycles. The van der Waals surface area contributed by atoms with Gasteiger partial charge < -0.3 is 15.8 Å². The van der Waals surface area contributed by atoms with Crippen molar-refractivity contribution in [2.45, 2.75) is 37.8 Å². The maximum absolute atomic E-state index is 5.96. The average molecular weight is 184 g/mol. The highest BCUT2D eigenvalue weighted by atomic mass is 16.5. The molecule has 0 aromatic carbocycles. The summed E-state index contributed by atoms with van der Waals surface area (Å²) in [6.07, 6.45) is 4.72. The van der Waals surface area contributed by atoms with E-state index in [1.807, 2.05) is 0 Å². The molecule has 0 aliphatic carbocycles. The molecule has 2 aliphatic heterocycles. The summed E-state index contributed by atoms with van der Waals surface area (Å²) in [6, 6.07) is 1.08. The number of hydrogen-bond donors (Lipinski definition) is 2. The molecule has 2 saturated heterocycles. The summed E-state index contributed by atoms with van der Waals surface area (Å²) < 4.78 is 5.36. The number of rotatable bonds is 1. The van der Waals surface area contributed by atoms with Crippen molar-refractivity contribution in [3.63, 3.8) is 0 Å². The third kappa shape index (κ3) is 2.42. The highest BCUT2D eigenvalue weighted by molar-refractivity contribution is 4.86. The molecule has 13 heavy (non-hydrogen) atoms. The molecular weight excluding hydrogens is 164 g/mol. The predicted octanol–water partition coefficient (Wildman–Crippen LogP) is 0.492. The lowest BCUT2D eigenvalue weighted by atomic mass is 9.85. The van der Waals surface area contributed by atoms with E-state index in [0.29, 0.717) is 12.1 Å². The number of nitrogens with two attached hydrogens (primary N) is 1. The summed E-state index contributed by atoms with van der Waals surface area (Å²) >= 11 is 0. The van der Waals surface area contributed by atoms with Crippen molar-refractivity contribution in [1.29, 1.82) is 0 Å². The summed E-state index contributed by atoms with van der Waals surface area (Å²) in [5, 5.41) is 3.58. The van der Waals surface area contributed by atoms with Gasteiger partial charge in [0.05, 0.1) is 0 Å². The van der Waals surface area contributed by atoms with E-state index in [1.165, 1.54) is 12.8 Å². The fourth-order valence-corrected chi connectivity index (χ4v) is 2.46. The first-order valence-corrected chi connectivity index (χ1v) is 5.43. The Bertz CT molecular complexity index is 157. The second-order valence-electron chi connectivity index (χ2n) is 4.29. The maximum atomic E-state index is 5.96. The molecule has 0 amide bonds. The zero-order valence-corrected chi connectivity index (χ0v) is 8.17. The first-order valence-electron chi connectivity index (χ1n) is 5.43. The standard InChI is InChI=1S/C10H20N2O/c11-9-1-4-12-10(7-9)8-2-5-13-6-3-8/h8-10,12H,1-7,11H2. The minimum atomic E-state index is 0.425. The normalized spacial score (nSPS) is 37.6. The molecule has 0 radical (unpaired) electrons. The van der Waals surface area contributed by atoms with Crippen molar-refractivity contribution >= 4 is 0 Å². The van der Waals surface area contributed by atoms with Crippen LogP contribution >= 0.6 is 0 Å². The van der Waals surface area contributed by atoms with E-state index in [-0.39, 0.29) is 0 Å². The molecule has 3 N–H and O–H groups in total. The molecule has 2 fully saturated rings. The molecule has 0 saturated carbocycles. The van der Waals surface area contributed by atoms with Crippen LogP contribution in [0.3, 0.4) is 0 Å². The molecular formula is C10H20N2O. The Hall–Kier alpha value is -0.120. The lowest BCUT2D eigenvalue weighted by molar-refractivity contribution is 0.0488. The third-order valence-corrected chi connectivity index (χ3v) is 3.31. The molecule has 3 heteroatoms. The predicted molar refractivity (Wildman–Crippen MR) is 52.5 cm³/mol. The van der Waals surface area contributed by atoms with Crippen LogP contribution in [0.1, 0.15) is 25.7 Å². The monoisotopic (exact) mass is 184 g/mol. The van der Waals surface area contributed by atoms with E-state index in [4.69, 9.17) is 10.5 Å². The van der Waals surface area contributed by atoms with E-state index >= 15 is 0 Å². The van der Waals surface area contributed by atoms with Gasteiger partial charge in [0.15, 0.2) is 0 Å². The quantitative estimate of drug-likeness (QED) is 0.623. The van der Waals surface area contributed by atoms with Crippen LogP contribution in [0, 0.1) is 5.92 Å². The first-order chi connectivity index (χ1) is 6.36. The Morgan fingerprint density at radius 2 is 1.92 bits per heavy atom. The lowest BCUT2D eigenvalue weighted by Crippen LogP contribution is -2.48. The van der Waals surface area contributed by atoms with E-state index in [1.54, 1.807) is 0 Å². The van der Waals surface area contributed by atoms with E-state index in [2.05, 4.69) is 5.32 Å².